The van der Waals surface area contributed by atoms with Gasteiger partial charge in [0.2, 0.25) is 0 Å². The molecule has 3 heteroatoms. The molecule has 2 nitrogen and oxygen atoms in total. The first kappa shape index (κ1) is 30.1. The smallest absolute Gasteiger partial charge is 0.329 e. The van der Waals surface area contributed by atoms with E-state index in [4.69, 9.17) is 4.74 Å². The van der Waals surface area contributed by atoms with Crippen LogP contribution in [-0.2, 0) is 0 Å². The van der Waals surface area contributed by atoms with E-state index in [0.29, 0.717) is 0 Å². The fraction of sp³-hybridized carbons (Fsp3) is 0.0909. The zero-order chi connectivity index (χ0) is 32.3. The summed E-state index contributed by atoms with van der Waals surface area (Å²) in [5.41, 5.74) is 15.9. The van der Waals surface area contributed by atoms with Gasteiger partial charge in [-0.05, 0) is 83.8 Å². The van der Waals surface area contributed by atoms with E-state index in [0.717, 1.165) is 17.0 Å². The van der Waals surface area contributed by atoms with Gasteiger partial charge >= 0.3 is 6.85 Å². The first-order valence-corrected chi connectivity index (χ1v) is 16.3. The molecule has 0 amide bonds. The SMILES string of the molecule is COc1ccc(N2B(c3c(C)cc(C)cc3C)C(c3ccccc3)=C(c3ccccc3)C(c3ccccc3)=C2c2ccccc2)cc1. The first-order chi connectivity index (χ1) is 23.0. The Kier molecular flexibility index (Phi) is 8.37. The van der Waals surface area contributed by atoms with Crippen LogP contribution in [0.1, 0.15) is 38.9 Å². The van der Waals surface area contributed by atoms with Crippen LogP contribution in [-0.4, -0.2) is 14.0 Å². The largest absolute Gasteiger partial charge is 0.497 e. The molecule has 47 heavy (non-hydrogen) atoms. The van der Waals surface area contributed by atoms with Crippen molar-refractivity contribution in [2.24, 2.45) is 0 Å². The predicted molar refractivity (Wildman–Crippen MR) is 201 cm³/mol. The molecule has 0 bridgehead atoms. The van der Waals surface area contributed by atoms with Gasteiger partial charge in [0.05, 0.1) is 7.11 Å². The van der Waals surface area contributed by atoms with Crippen LogP contribution in [0.2, 0.25) is 0 Å². The average molecular weight is 608 g/mol. The molecule has 0 N–H and O–H groups in total. The van der Waals surface area contributed by atoms with Crippen LogP contribution in [0.25, 0.3) is 22.3 Å². The van der Waals surface area contributed by atoms with Gasteiger partial charge in [-0.25, -0.2) is 0 Å². The lowest BCUT2D eigenvalue weighted by Gasteiger charge is -2.43. The van der Waals surface area contributed by atoms with E-state index in [9.17, 15) is 0 Å². The molecule has 1 aliphatic heterocycles. The maximum atomic E-state index is 5.65. The molecular formula is C44H38BNO. The zero-order valence-electron chi connectivity index (χ0n) is 27.4. The summed E-state index contributed by atoms with van der Waals surface area (Å²) >= 11 is 0. The molecule has 0 saturated carbocycles. The summed E-state index contributed by atoms with van der Waals surface area (Å²) in [6, 6.07) is 56.9. The molecule has 0 radical (unpaired) electrons. The van der Waals surface area contributed by atoms with Gasteiger partial charge in [0.1, 0.15) is 5.75 Å². The third kappa shape index (κ3) is 5.70. The minimum atomic E-state index is -0.135. The Balaban J connectivity index is 1.73. The summed E-state index contributed by atoms with van der Waals surface area (Å²) in [4.78, 5) is 2.58. The lowest BCUT2D eigenvalue weighted by atomic mass is 9.41. The Bertz CT molecular complexity index is 2040. The molecule has 0 spiro atoms. The van der Waals surface area contributed by atoms with E-state index in [1.165, 1.54) is 61.2 Å². The van der Waals surface area contributed by atoms with Crippen LogP contribution in [0.15, 0.2) is 158 Å². The number of ether oxygens (including phenoxy) is 1. The second kappa shape index (κ2) is 13.1. The molecule has 6 aromatic rings. The number of methoxy groups -OCH3 is 1. The van der Waals surface area contributed by atoms with Crippen LogP contribution in [0, 0.1) is 20.8 Å². The quantitative estimate of drug-likeness (QED) is 0.168. The molecule has 0 atom stereocenters. The van der Waals surface area contributed by atoms with E-state index >= 15 is 0 Å². The van der Waals surface area contributed by atoms with Crippen molar-refractivity contribution in [3.8, 4) is 5.75 Å². The number of rotatable bonds is 7. The molecule has 0 unspecified atom stereocenters. The zero-order valence-corrected chi connectivity index (χ0v) is 27.4. The lowest BCUT2D eigenvalue weighted by molar-refractivity contribution is 0.415. The van der Waals surface area contributed by atoms with Crippen molar-refractivity contribution in [3.05, 3.63) is 197 Å². The van der Waals surface area contributed by atoms with Crippen molar-refractivity contribution in [2.45, 2.75) is 20.8 Å². The minimum Gasteiger partial charge on any atom is -0.497 e. The molecule has 7 rings (SSSR count). The monoisotopic (exact) mass is 607 g/mol. The number of allylic oxidation sites excluding steroid dienone is 2. The standard InChI is InChI=1S/C44H38BNO/c1-31-29-32(2)42(33(3)30-31)45-43(36-21-13-7-14-22-36)40(34-17-9-5-10-18-34)41(35-19-11-6-12-20-35)44(37-23-15-8-16-24-37)46(45)38-25-27-39(47-4)28-26-38/h5-30H,1-4H3. The maximum Gasteiger partial charge on any atom is 0.329 e. The summed E-state index contributed by atoms with van der Waals surface area (Å²) in [6.07, 6.45) is 0. The van der Waals surface area contributed by atoms with Gasteiger partial charge in [-0.15, -0.1) is 0 Å². The highest BCUT2D eigenvalue weighted by atomic mass is 16.5. The molecule has 0 fully saturated rings. The van der Waals surface area contributed by atoms with E-state index in [1.54, 1.807) is 7.11 Å². The third-order valence-corrected chi connectivity index (χ3v) is 9.15. The Morgan fingerprint density at radius 1 is 0.489 bits per heavy atom. The summed E-state index contributed by atoms with van der Waals surface area (Å²) in [5.74, 6) is 0.835. The third-order valence-electron chi connectivity index (χ3n) is 9.15. The summed E-state index contributed by atoms with van der Waals surface area (Å²) in [7, 11) is 1.73. The van der Waals surface area contributed by atoms with Crippen molar-refractivity contribution >= 4 is 40.3 Å². The second-order valence-corrected chi connectivity index (χ2v) is 12.3. The number of anilines is 1. The molecule has 0 saturated heterocycles. The van der Waals surface area contributed by atoms with Crippen LogP contribution < -0.4 is 15.0 Å². The second-order valence-electron chi connectivity index (χ2n) is 12.3. The highest BCUT2D eigenvalue weighted by Gasteiger charge is 2.43. The van der Waals surface area contributed by atoms with Crippen molar-refractivity contribution < 1.29 is 4.74 Å². The number of benzene rings is 6. The molecule has 228 valence electrons. The van der Waals surface area contributed by atoms with Gasteiger partial charge in [0, 0.05) is 17.0 Å². The van der Waals surface area contributed by atoms with Gasteiger partial charge in [0.15, 0.2) is 0 Å². The summed E-state index contributed by atoms with van der Waals surface area (Å²) < 4.78 is 5.65. The highest BCUT2D eigenvalue weighted by Crippen LogP contribution is 2.50. The average Bonchev–Trinajstić information content (AvgIpc) is 3.12. The van der Waals surface area contributed by atoms with E-state index in [-0.39, 0.29) is 6.85 Å². The number of nitrogens with zero attached hydrogens (tertiary/aromatic N) is 1. The minimum absolute atomic E-state index is 0.135. The van der Waals surface area contributed by atoms with Crippen LogP contribution >= 0.6 is 0 Å². The molecule has 6 aromatic carbocycles. The van der Waals surface area contributed by atoms with Crippen molar-refractivity contribution in [3.63, 3.8) is 0 Å². The normalized spacial score (nSPS) is 13.3. The number of hydrogen-bond acceptors (Lipinski definition) is 2. The fourth-order valence-corrected chi connectivity index (χ4v) is 7.28. The van der Waals surface area contributed by atoms with Crippen LogP contribution in [0.3, 0.4) is 0 Å². The van der Waals surface area contributed by atoms with Crippen molar-refractivity contribution in [1.82, 2.24) is 0 Å². The molecular weight excluding hydrogens is 569 g/mol. The number of aryl methyl sites for hydroxylation is 3. The molecule has 1 aliphatic rings. The van der Waals surface area contributed by atoms with E-state index < -0.39 is 0 Å². The van der Waals surface area contributed by atoms with Gasteiger partial charge in [-0.3, -0.25) is 0 Å². The number of hydrogen-bond donors (Lipinski definition) is 0. The predicted octanol–water partition coefficient (Wildman–Crippen LogP) is 10.1. The van der Waals surface area contributed by atoms with E-state index in [2.05, 4.69) is 183 Å². The Hall–Kier alpha value is -5.54. The fourth-order valence-electron chi connectivity index (χ4n) is 7.28. The van der Waals surface area contributed by atoms with Crippen LogP contribution in [0.4, 0.5) is 5.69 Å². The highest BCUT2D eigenvalue weighted by molar-refractivity contribution is 6.97. The van der Waals surface area contributed by atoms with Crippen LogP contribution in [0.5, 0.6) is 5.75 Å². The van der Waals surface area contributed by atoms with Crippen molar-refractivity contribution in [1.29, 1.82) is 0 Å². The molecule has 1 heterocycles. The summed E-state index contributed by atoms with van der Waals surface area (Å²) in [5, 5.41) is 0. The lowest BCUT2D eigenvalue weighted by Crippen LogP contribution is -2.53. The Morgan fingerprint density at radius 2 is 0.936 bits per heavy atom. The van der Waals surface area contributed by atoms with Gasteiger partial charge < -0.3 is 9.55 Å². The van der Waals surface area contributed by atoms with E-state index in [1.807, 2.05) is 0 Å². The maximum absolute atomic E-state index is 5.65. The Morgan fingerprint density at radius 3 is 1.43 bits per heavy atom. The molecule has 0 aliphatic carbocycles. The van der Waals surface area contributed by atoms with Gasteiger partial charge in [-0.1, -0.05) is 150 Å². The summed E-state index contributed by atoms with van der Waals surface area (Å²) in [6.45, 7) is 6.60. The Labute approximate surface area is 279 Å². The first-order valence-electron chi connectivity index (χ1n) is 16.3. The van der Waals surface area contributed by atoms with Crippen molar-refractivity contribution in [2.75, 3.05) is 11.9 Å². The topological polar surface area (TPSA) is 12.5 Å². The van der Waals surface area contributed by atoms with Gasteiger partial charge in [0.25, 0.3) is 0 Å². The molecule has 0 aromatic heterocycles. The van der Waals surface area contributed by atoms with Gasteiger partial charge in [-0.2, -0.15) is 0 Å².